The minimum absolute atomic E-state index is 0.0905. The highest BCUT2D eigenvalue weighted by molar-refractivity contribution is 14.1. The van der Waals surface area contributed by atoms with Crippen LogP contribution in [0.4, 0.5) is 0 Å². The van der Waals surface area contributed by atoms with Gasteiger partial charge in [-0.25, -0.2) is 13.1 Å². The van der Waals surface area contributed by atoms with Gasteiger partial charge in [0, 0.05) is 20.5 Å². The van der Waals surface area contributed by atoms with Gasteiger partial charge in [0.1, 0.15) is 10.6 Å². The monoisotopic (exact) mass is 407 g/mol. The third-order valence-corrected chi connectivity index (χ3v) is 5.03. The Balaban J connectivity index is 2.81. The van der Waals surface area contributed by atoms with Gasteiger partial charge < -0.3 is 10.7 Å². The Hall–Kier alpha value is -1.13. The van der Waals surface area contributed by atoms with Crippen LogP contribution >= 0.6 is 22.6 Å². The molecule has 0 aliphatic rings. The fraction of sp³-hybridized carbons (Fsp3) is 0.250. The standard InChI is InChI=1S/C12H14IN3O3S/c1-6(2)16-20(18,19)11-8-5-7(13)3-4-9(8)15-10(11)12(14)17/h3-6,15-16H,1-2H3,(H2,14,17). The number of carbonyl (C=O) groups is 1. The lowest BCUT2D eigenvalue weighted by Crippen LogP contribution is -2.31. The minimum atomic E-state index is -3.82. The summed E-state index contributed by atoms with van der Waals surface area (Å²) in [6.07, 6.45) is 0. The molecule has 8 heteroatoms. The summed E-state index contributed by atoms with van der Waals surface area (Å²) in [5.41, 5.74) is 5.74. The molecular formula is C12H14IN3O3S. The predicted octanol–water partition coefficient (Wildman–Crippen LogP) is 1.56. The molecule has 2 aromatic rings. The highest BCUT2D eigenvalue weighted by atomic mass is 127. The number of sulfonamides is 1. The third kappa shape index (κ3) is 2.81. The molecule has 1 heterocycles. The number of H-pyrrole nitrogens is 1. The van der Waals surface area contributed by atoms with E-state index in [1.54, 1.807) is 26.0 Å². The molecule has 0 atom stereocenters. The molecule has 1 aromatic heterocycles. The Morgan fingerprint density at radius 2 is 2.05 bits per heavy atom. The maximum Gasteiger partial charge on any atom is 0.266 e. The van der Waals surface area contributed by atoms with E-state index in [4.69, 9.17) is 5.73 Å². The van der Waals surface area contributed by atoms with E-state index >= 15 is 0 Å². The number of fused-ring (bicyclic) bond motifs is 1. The van der Waals surface area contributed by atoms with Crippen molar-refractivity contribution in [1.29, 1.82) is 0 Å². The first kappa shape index (κ1) is 15.3. The lowest BCUT2D eigenvalue weighted by atomic mass is 10.2. The molecule has 0 saturated heterocycles. The summed E-state index contributed by atoms with van der Waals surface area (Å²) in [4.78, 5) is 14.2. The molecule has 1 amide bonds. The number of amides is 1. The first-order chi connectivity index (χ1) is 9.22. The number of carbonyl (C=O) groups excluding carboxylic acids is 1. The molecule has 0 spiro atoms. The SMILES string of the molecule is CC(C)NS(=O)(=O)c1c(C(N)=O)[nH]c2ccc(I)cc12. The molecule has 0 aliphatic heterocycles. The molecule has 20 heavy (non-hydrogen) atoms. The van der Waals surface area contributed by atoms with E-state index in [-0.39, 0.29) is 16.6 Å². The Kier molecular flexibility index (Phi) is 4.07. The van der Waals surface area contributed by atoms with Crippen molar-refractivity contribution in [2.24, 2.45) is 5.73 Å². The van der Waals surface area contributed by atoms with Gasteiger partial charge in [0.15, 0.2) is 0 Å². The highest BCUT2D eigenvalue weighted by Gasteiger charge is 2.27. The van der Waals surface area contributed by atoms with Gasteiger partial charge >= 0.3 is 0 Å². The number of benzene rings is 1. The number of hydrogen-bond donors (Lipinski definition) is 3. The van der Waals surface area contributed by atoms with Crippen LogP contribution in [0.3, 0.4) is 0 Å². The largest absolute Gasteiger partial charge is 0.364 e. The summed E-state index contributed by atoms with van der Waals surface area (Å²) >= 11 is 2.08. The van der Waals surface area contributed by atoms with Crippen molar-refractivity contribution >= 4 is 49.4 Å². The number of nitrogens with two attached hydrogens (primary N) is 1. The van der Waals surface area contributed by atoms with E-state index in [0.29, 0.717) is 10.9 Å². The molecule has 0 saturated carbocycles. The van der Waals surface area contributed by atoms with Crippen LogP contribution in [0.1, 0.15) is 24.3 Å². The molecule has 0 bridgehead atoms. The van der Waals surface area contributed by atoms with Crippen molar-refractivity contribution < 1.29 is 13.2 Å². The number of hydrogen-bond acceptors (Lipinski definition) is 3. The Labute approximate surface area is 130 Å². The van der Waals surface area contributed by atoms with Crippen LogP contribution in [0.25, 0.3) is 10.9 Å². The minimum Gasteiger partial charge on any atom is -0.364 e. The van der Waals surface area contributed by atoms with Crippen LogP contribution in [0.5, 0.6) is 0 Å². The van der Waals surface area contributed by atoms with E-state index in [1.807, 2.05) is 6.07 Å². The summed E-state index contributed by atoms with van der Waals surface area (Å²) in [7, 11) is -3.82. The van der Waals surface area contributed by atoms with Gasteiger partial charge in [0.25, 0.3) is 5.91 Å². The topological polar surface area (TPSA) is 105 Å². The number of rotatable bonds is 4. The number of aromatic amines is 1. The molecule has 0 fully saturated rings. The van der Waals surface area contributed by atoms with Crippen LogP contribution in [0, 0.1) is 3.57 Å². The average Bonchev–Trinajstić information content (AvgIpc) is 2.66. The van der Waals surface area contributed by atoms with Crippen LogP contribution in [-0.4, -0.2) is 25.4 Å². The molecule has 1 aromatic carbocycles. The zero-order valence-corrected chi connectivity index (χ0v) is 13.9. The zero-order chi connectivity index (χ0) is 15.1. The second-order valence-corrected chi connectivity index (χ2v) is 7.56. The summed E-state index contributed by atoms with van der Waals surface area (Å²) in [6.45, 7) is 3.42. The number of aromatic nitrogens is 1. The van der Waals surface area contributed by atoms with E-state index < -0.39 is 15.9 Å². The van der Waals surface area contributed by atoms with E-state index in [1.165, 1.54) is 0 Å². The normalized spacial score (nSPS) is 12.2. The number of nitrogens with one attached hydrogen (secondary N) is 2. The maximum absolute atomic E-state index is 12.4. The number of halogens is 1. The summed E-state index contributed by atoms with van der Waals surface area (Å²) in [5.74, 6) is -0.805. The fourth-order valence-electron chi connectivity index (χ4n) is 1.96. The van der Waals surface area contributed by atoms with Crippen molar-refractivity contribution in [3.8, 4) is 0 Å². The molecule has 108 valence electrons. The van der Waals surface area contributed by atoms with Gasteiger partial charge in [-0.2, -0.15) is 0 Å². The van der Waals surface area contributed by atoms with Gasteiger partial charge in [-0.15, -0.1) is 0 Å². The average molecular weight is 407 g/mol. The van der Waals surface area contributed by atoms with Crippen molar-refractivity contribution in [3.05, 3.63) is 27.5 Å². The van der Waals surface area contributed by atoms with Crippen molar-refractivity contribution in [3.63, 3.8) is 0 Å². The predicted molar refractivity (Wildman–Crippen MR) is 85.0 cm³/mol. The smallest absolute Gasteiger partial charge is 0.266 e. The molecular weight excluding hydrogens is 393 g/mol. The first-order valence-corrected chi connectivity index (χ1v) is 8.42. The third-order valence-electron chi connectivity index (χ3n) is 2.62. The van der Waals surface area contributed by atoms with Gasteiger partial charge in [-0.05, 0) is 54.6 Å². The molecule has 2 rings (SSSR count). The van der Waals surface area contributed by atoms with Crippen LogP contribution in [0.15, 0.2) is 23.1 Å². The van der Waals surface area contributed by atoms with Gasteiger partial charge in [0.05, 0.1) is 0 Å². The summed E-state index contributed by atoms with van der Waals surface area (Å²) < 4.78 is 28.2. The second kappa shape index (κ2) is 5.34. The van der Waals surface area contributed by atoms with Gasteiger partial charge in [0.2, 0.25) is 10.0 Å². The highest BCUT2D eigenvalue weighted by Crippen LogP contribution is 2.28. The van der Waals surface area contributed by atoms with Crippen LogP contribution < -0.4 is 10.5 Å². The molecule has 0 unspecified atom stereocenters. The maximum atomic E-state index is 12.4. The first-order valence-electron chi connectivity index (χ1n) is 5.85. The van der Waals surface area contributed by atoms with Crippen molar-refractivity contribution in [1.82, 2.24) is 9.71 Å². The second-order valence-electron chi connectivity index (χ2n) is 4.66. The van der Waals surface area contributed by atoms with E-state index in [9.17, 15) is 13.2 Å². The van der Waals surface area contributed by atoms with Crippen molar-refractivity contribution in [2.45, 2.75) is 24.8 Å². The Morgan fingerprint density at radius 1 is 1.40 bits per heavy atom. The fourth-order valence-corrected chi connectivity index (χ4v) is 4.07. The summed E-state index contributed by atoms with van der Waals surface area (Å²) in [5, 5.41) is 0.457. The molecule has 6 nitrogen and oxygen atoms in total. The lowest BCUT2D eigenvalue weighted by Gasteiger charge is -2.10. The zero-order valence-electron chi connectivity index (χ0n) is 10.9. The molecule has 0 radical (unpaired) electrons. The van der Waals surface area contributed by atoms with Gasteiger partial charge in [-0.3, -0.25) is 4.79 Å². The van der Waals surface area contributed by atoms with E-state index in [0.717, 1.165) is 3.57 Å². The Morgan fingerprint density at radius 3 is 2.60 bits per heavy atom. The summed E-state index contributed by atoms with van der Waals surface area (Å²) in [6, 6.07) is 4.95. The quantitative estimate of drug-likeness (QED) is 0.670. The Bertz CT molecular complexity index is 781. The van der Waals surface area contributed by atoms with Gasteiger partial charge in [-0.1, -0.05) is 0 Å². The van der Waals surface area contributed by atoms with Crippen LogP contribution in [-0.2, 0) is 10.0 Å². The van der Waals surface area contributed by atoms with Crippen molar-refractivity contribution in [2.75, 3.05) is 0 Å². The number of primary amides is 1. The van der Waals surface area contributed by atoms with Crippen LogP contribution in [0.2, 0.25) is 0 Å². The van der Waals surface area contributed by atoms with E-state index in [2.05, 4.69) is 32.3 Å². The lowest BCUT2D eigenvalue weighted by molar-refractivity contribution is 0.0993. The molecule has 0 aliphatic carbocycles. The molecule has 4 N–H and O–H groups in total.